The predicted octanol–water partition coefficient (Wildman–Crippen LogP) is 13.0. The second kappa shape index (κ2) is 32.8. The van der Waals surface area contributed by atoms with Crippen LogP contribution in [0.25, 0.3) is 72.4 Å². The Morgan fingerprint density at radius 2 is 0.652 bits per heavy atom. The zero-order valence-corrected chi connectivity index (χ0v) is 51.9. The first-order valence-corrected chi connectivity index (χ1v) is 28.8. The summed E-state index contributed by atoms with van der Waals surface area (Å²) < 4.78 is 1.78. The molecule has 0 saturated heterocycles. The average molecular weight is 1200 g/mol. The van der Waals surface area contributed by atoms with E-state index in [2.05, 4.69) is 89.7 Å². The van der Waals surface area contributed by atoms with Crippen LogP contribution in [0.3, 0.4) is 0 Å². The first-order valence-electron chi connectivity index (χ1n) is 27.6. The number of aryl methyl sites for hydroxylation is 8. The molecule has 22 heteroatoms. The number of pyridine rings is 6. The van der Waals surface area contributed by atoms with Crippen LogP contribution >= 0.6 is 11.8 Å². The molecule has 0 aliphatic carbocycles. The first kappa shape index (κ1) is 65.2. The minimum Gasteiger partial charge on any atom is -0.394 e. The smallest absolute Gasteiger partial charge is 0.371 e. The second-order valence-corrected chi connectivity index (χ2v) is 20.2. The van der Waals surface area contributed by atoms with E-state index in [1.165, 1.54) is 25.6 Å². The minimum absolute atomic E-state index is 0.135. The third-order valence-electron chi connectivity index (χ3n) is 12.1. The molecule has 12 aromatic heterocycles. The van der Waals surface area contributed by atoms with Crippen molar-refractivity contribution < 1.29 is 9.59 Å². The van der Waals surface area contributed by atoms with Gasteiger partial charge in [0, 0.05) is 139 Å². The minimum atomic E-state index is -0.135. The van der Waals surface area contributed by atoms with Gasteiger partial charge < -0.3 is 4.85 Å². The molecule has 0 aliphatic heterocycles. The highest BCUT2D eigenvalue weighted by Gasteiger charge is 2.09. The summed E-state index contributed by atoms with van der Waals surface area (Å²) in [6.07, 6.45) is 22.6. The van der Waals surface area contributed by atoms with Crippen LogP contribution in [0.5, 0.6) is 0 Å². The SMILES string of the molecule is CC(=O)c1ncc(-c2cccc(C)n2)cn1.CC(=O)c1ncc(-c2cccc(C)n2)cn1.CSc1ncc(-c2cccc(C)n2)cn1.Cc1cccc(-c2cnc(C)nc2)n1.Cc1cccc(-c2cnn(C)c2)n1.[C-]#[N+]c1ncc(-c2cccc(C)n2)cn1. The number of hydrogen-bond acceptors (Lipinski definition) is 20. The Kier molecular flexibility index (Phi) is 24.1. The number of Topliss-reactive ketones (excluding diaryl/α,β-unsaturated/α-hetero) is 2. The third kappa shape index (κ3) is 20.7. The molecule has 0 saturated carbocycles. The van der Waals surface area contributed by atoms with E-state index >= 15 is 0 Å². The van der Waals surface area contributed by atoms with Gasteiger partial charge in [0.05, 0.1) is 58.3 Å². The van der Waals surface area contributed by atoms with Crippen molar-refractivity contribution in [3.8, 4) is 67.5 Å². The number of thioether (sulfide) groups is 1. The molecule has 0 radical (unpaired) electrons. The van der Waals surface area contributed by atoms with Crippen molar-refractivity contribution in [2.24, 2.45) is 7.05 Å². The maximum absolute atomic E-state index is 11.0. The van der Waals surface area contributed by atoms with Gasteiger partial charge in [-0.05, 0) is 128 Å². The van der Waals surface area contributed by atoms with Gasteiger partial charge in [0.25, 0.3) is 0 Å². The highest BCUT2D eigenvalue weighted by atomic mass is 32.2. The topological polar surface area (TPSA) is 263 Å². The number of ketones is 2. The Bertz CT molecular complexity index is 4200. The van der Waals surface area contributed by atoms with Crippen molar-refractivity contribution in [1.82, 2.24) is 89.5 Å². The van der Waals surface area contributed by atoms with Crippen LogP contribution in [0.4, 0.5) is 5.95 Å². The Labute approximate surface area is 520 Å². The molecule has 12 heterocycles. The summed E-state index contributed by atoms with van der Waals surface area (Å²) in [5.74, 6) is 1.13. The number of carbonyl (C=O) groups is 2. The van der Waals surface area contributed by atoms with Crippen LogP contribution in [0.15, 0.2) is 189 Å². The quantitative estimate of drug-likeness (QED) is 0.0562. The Balaban J connectivity index is 0.000000152. The van der Waals surface area contributed by atoms with Crippen LogP contribution in [0, 0.1) is 55.0 Å². The lowest BCUT2D eigenvalue weighted by Gasteiger charge is -2.01. The van der Waals surface area contributed by atoms with Crippen LogP contribution in [-0.2, 0) is 7.05 Å². The molecule has 0 atom stereocenters. The molecule has 0 unspecified atom stereocenters. The van der Waals surface area contributed by atoms with E-state index in [1.54, 1.807) is 66.7 Å². The molecular formula is C67H63N19O2S. The molecular weight excluding hydrogens is 1130 g/mol. The molecule has 0 spiro atoms. The zero-order valence-electron chi connectivity index (χ0n) is 51.0. The van der Waals surface area contributed by atoms with Crippen LogP contribution in [-0.4, -0.2) is 107 Å². The van der Waals surface area contributed by atoms with Crippen molar-refractivity contribution in [3.63, 3.8) is 0 Å². The number of aromatic nitrogens is 18. The maximum atomic E-state index is 11.0. The third-order valence-corrected chi connectivity index (χ3v) is 12.6. The maximum Gasteiger partial charge on any atom is 0.371 e. The highest BCUT2D eigenvalue weighted by molar-refractivity contribution is 7.98. The fourth-order valence-electron chi connectivity index (χ4n) is 7.65. The van der Waals surface area contributed by atoms with E-state index in [0.717, 1.165) is 113 Å². The molecule has 0 aliphatic rings. The Hall–Kier alpha value is -11.3. The van der Waals surface area contributed by atoms with Crippen LogP contribution in [0.1, 0.15) is 75.1 Å². The lowest BCUT2D eigenvalue weighted by molar-refractivity contribution is 0.0995. The van der Waals surface area contributed by atoms with Crippen molar-refractivity contribution in [3.05, 3.63) is 247 Å². The van der Waals surface area contributed by atoms with E-state index in [9.17, 15) is 9.59 Å². The van der Waals surface area contributed by atoms with Crippen molar-refractivity contribution in [1.29, 1.82) is 0 Å². The molecule has 444 valence electrons. The van der Waals surface area contributed by atoms with Crippen molar-refractivity contribution >= 4 is 29.3 Å². The van der Waals surface area contributed by atoms with Crippen LogP contribution in [0.2, 0.25) is 0 Å². The molecule has 12 aromatic rings. The van der Waals surface area contributed by atoms with E-state index in [-0.39, 0.29) is 29.2 Å². The molecule has 0 N–H and O–H groups in total. The van der Waals surface area contributed by atoms with Gasteiger partial charge in [0.1, 0.15) is 5.82 Å². The first-order chi connectivity index (χ1) is 42.9. The lowest BCUT2D eigenvalue weighted by Crippen LogP contribution is -2.00. The van der Waals surface area contributed by atoms with Gasteiger partial charge in [-0.2, -0.15) is 15.1 Å². The average Bonchev–Trinajstić information content (AvgIpc) is 4.21. The molecule has 0 aromatic carbocycles. The summed E-state index contributed by atoms with van der Waals surface area (Å²) in [5, 5.41) is 4.88. The number of hydrogen-bond donors (Lipinski definition) is 0. The Morgan fingerprint density at radius 3 is 0.899 bits per heavy atom. The van der Waals surface area contributed by atoms with Crippen molar-refractivity contribution in [2.75, 3.05) is 6.26 Å². The molecule has 89 heavy (non-hydrogen) atoms. The summed E-state index contributed by atoms with van der Waals surface area (Å²) in [6, 6.07) is 35.0. The molecule has 21 nitrogen and oxygen atoms in total. The number of nitrogens with zero attached hydrogens (tertiary/aromatic N) is 19. The molecule has 0 amide bonds. The largest absolute Gasteiger partial charge is 0.394 e. The molecule has 12 rings (SSSR count). The van der Waals surface area contributed by atoms with Gasteiger partial charge in [0.15, 0.2) is 28.4 Å². The van der Waals surface area contributed by atoms with E-state index < -0.39 is 0 Å². The highest BCUT2D eigenvalue weighted by Crippen LogP contribution is 2.21. The zero-order chi connectivity index (χ0) is 63.7. The van der Waals surface area contributed by atoms with Gasteiger partial charge in [-0.3, -0.25) is 44.2 Å². The van der Waals surface area contributed by atoms with E-state index in [0.29, 0.717) is 0 Å². The lowest BCUT2D eigenvalue weighted by atomic mass is 10.2. The fourth-order valence-corrected chi connectivity index (χ4v) is 7.97. The normalized spacial score (nSPS) is 10.1. The summed E-state index contributed by atoms with van der Waals surface area (Å²) in [4.78, 5) is 91.8. The van der Waals surface area contributed by atoms with Crippen LogP contribution < -0.4 is 0 Å². The van der Waals surface area contributed by atoms with E-state index in [1.807, 2.05) is 183 Å². The monoisotopic (exact) mass is 1200 g/mol. The van der Waals surface area contributed by atoms with Gasteiger partial charge in [-0.15, -0.1) is 6.57 Å². The second-order valence-electron chi connectivity index (χ2n) is 19.5. The summed E-state index contributed by atoms with van der Waals surface area (Å²) in [6.45, 7) is 23.2. The van der Waals surface area contributed by atoms with Gasteiger partial charge in [-0.25, -0.2) is 39.9 Å². The van der Waals surface area contributed by atoms with Gasteiger partial charge >= 0.3 is 5.95 Å². The summed E-state index contributed by atoms with van der Waals surface area (Å²) in [5.41, 5.74) is 16.6. The molecule has 0 fully saturated rings. The fraction of sp³-hybridized carbons (Fsp3) is 0.164. The predicted molar refractivity (Wildman–Crippen MR) is 344 cm³/mol. The van der Waals surface area contributed by atoms with Gasteiger partial charge in [0.2, 0.25) is 0 Å². The van der Waals surface area contributed by atoms with E-state index in [4.69, 9.17) is 6.57 Å². The van der Waals surface area contributed by atoms with Crippen molar-refractivity contribution in [2.45, 2.75) is 67.5 Å². The standard InChI is InChI=1S/2C12H11N3O.C11H8N4.C11H11N3S.C11H11N3.C10H11N3/c2*1-8-4-3-5-11(15-8)10-6-13-12(9(2)16)14-7-10;1-8-4-3-5-10(15-8)9-6-13-11(12-2)14-7-9;1-8-4-3-5-10(14-8)9-6-12-11(15-2)13-7-9;1-8-4-3-5-11(14-8)10-6-12-9(2)13-7-10;1-8-4-3-5-10(12-8)9-6-11-13(2)7-9/h2*3-7H,1-2H3;3-7H,1H3;3-7H,1-2H3;3-7H,1-2H3;3-7H,1-2H3. The molecule has 0 bridgehead atoms. The summed E-state index contributed by atoms with van der Waals surface area (Å²) >= 11 is 1.53. The van der Waals surface area contributed by atoms with Gasteiger partial charge in [-0.1, -0.05) is 48.2 Å². The Morgan fingerprint density at radius 1 is 0.382 bits per heavy atom. The number of rotatable bonds is 9. The number of carbonyl (C=O) groups excluding carboxylic acids is 2. The summed E-state index contributed by atoms with van der Waals surface area (Å²) in [7, 11) is 1.90.